The number of aromatic nitrogens is 2. The quantitative estimate of drug-likeness (QED) is 0.516. The van der Waals surface area contributed by atoms with Crippen LogP contribution in [0.3, 0.4) is 0 Å². The van der Waals surface area contributed by atoms with Gasteiger partial charge in [0.25, 0.3) is 5.56 Å². The van der Waals surface area contributed by atoms with Gasteiger partial charge in [-0.2, -0.15) is 0 Å². The van der Waals surface area contributed by atoms with Crippen molar-refractivity contribution in [2.24, 2.45) is 0 Å². The molecule has 3 aromatic rings. The average molecular weight is 379 g/mol. The third kappa shape index (κ3) is 2.66. The molecule has 1 unspecified atom stereocenters. The summed E-state index contributed by atoms with van der Waals surface area (Å²) in [7, 11) is 1.49. The smallest absolute Gasteiger partial charge is 0.310 e. The van der Waals surface area contributed by atoms with E-state index in [1.54, 1.807) is 23.6 Å². The Morgan fingerprint density at radius 2 is 2.18 bits per heavy atom. The van der Waals surface area contributed by atoms with Crippen molar-refractivity contribution >= 4 is 22.6 Å². The first-order valence-corrected chi connectivity index (χ1v) is 9.13. The van der Waals surface area contributed by atoms with E-state index in [1.165, 1.54) is 7.11 Å². The first kappa shape index (κ1) is 18.2. The number of ether oxygens (including phenoxy) is 1. The number of nitrogens with zero attached hydrogens (tertiary/aromatic N) is 2. The molecule has 2 aromatic heterocycles. The summed E-state index contributed by atoms with van der Waals surface area (Å²) in [5, 5.41) is 10.6. The number of benzene rings is 1. The summed E-state index contributed by atoms with van der Waals surface area (Å²) in [5.74, 6) is -1.74. The molecule has 3 N–H and O–H groups in total. The monoisotopic (exact) mass is 379 g/mol. The van der Waals surface area contributed by atoms with Crippen LogP contribution in [0.25, 0.3) is 22.3 Å². The number of nitrogen functional groups attached to an aromatic ring is 1. The Hall–Kier alpha value is -3.19. The fraction of sp³-hybridized carbons (Fsp3) is 0.286. The number of carboxylic acid groups (broad SMARTS) is 1. The number of anilines is 1. The van der Waals surface area contributed by atoms with Gasteiger partial charge in [0.15, 0.2) is 0 Å². The minimum atomic E-state index is -0.960. The number of fused-ring (bicyclic) bond motifs is 4. The second-order valence-corrected chi connectivity index (χ2v) is 7.00. The summed E-state index contributed by atoms with van der Waals surface area (Å²) in [6.45, 7) is 2.25. The van der Waals surface area contributed by atoms with E-state index in [9.17, 15) is 14.7 Å². The van der Waals surface area contributed by atoms with Gasteiger partial charge in [-0.1, -0.05) is 19.1 Å². The van der Waals surface area contributed by atoms with E-state index in [1.807, 2.05) is 18.2 Å². The summed E-state index contributed by atoms with van der Waals surface area (Å²) in [4.78, 5) is 29.7. The van der Waals surface area contributed by atoms with Gasteiger partial charge in [-0.05, 0) is 30.2 Å². The Balaban J connectivity index is 2.00. The normalized spacial score (nSPS) is 13.4. The van der Waals surface area contributed by atoms with Crippen LogP contribution in [0.5, 0.6) is 0 Å². The molecule has 0 radical (unpaired) electrons. The Morgan fingerprint density at radius 3 is 2.86 bits per heavy atom. The molecule has 28 heavy (non-hydrogen) atoms. The Bertz CT molecular complexity index is 1170. The average Bonchev–Trinajstić information content (AvgIpc) is 3.02. The van der Waals surface area contributed by atoms with Crippen molar-refractivity contribution in [1.82, 2.24) is 9.55 Å². The molecule has 3 heterocycles. The second kappa shape index (κ2) is 6.76. The van der Waals surface area contributed by atoms with Crippen molar-refractivity contribution in [3.8, 4) is 11.4 Å². The highest BCUT2D eigenvalue weighted by Crippen LogP contribution is 2.35. The molecule has 7 heteroatoms. The molecule has 0 saturated carbocycles. The lowest BCUT2D eigenvalue weighted by atomic mass is 9.92. The minimum Gasteiger partial charge on any atom is -0.481 e. The molecule has 1 aliphatic heterocycles. The first-order valence-electron chi connectivity index (χ1n) is 9.13. The summed E-state index contributed by atoms with van der Waals surface area (Å²) in [6, 6.07) is 9.36. The van der Waals surface area contributed by atoms with Gasteiger partial charge in [0, 0.05) is 23.6 Å². The molecule has 4 rings (SSSR count). The maximum atomic E-state index is 13.2. The third-order valence-corrected chi connectivity index (χ3v) is 5.33. The van der Waals surface area contributed by atoms with Gasteiger partial charge < -0.3 is 20.1 Å². The van der Waals surface area contributed by atoms with Crippen LogP contribution in [0.1, 0.15) is 36.0 Å². The predicted octanol–water partition coefficient (Wildman–Crippen LogP) is 2.73. The molecule has 0 bridgehead atoms. The number of hydrogen-bond donors (Lipinski definition) is 2. The lowest BCUT2D eigenvalue weighted by Crippen LogP contribution is -2.27. The topological polar surface area (TPSA) is 107 Å². The van der Waals surface area contributed by atoms with Gasteiger partial charge in [0.2, 0.25) is 0 Å². The molecule has 1 aliphatic rings. The van der Waals surface area contributed by atoms with Gasteiger partial charge in [-0.25, -0.2) is 4.98 Å². The molecular weight excluding hydrogens is 358 g/mol. The van der Waals surface area contributed by atoms with Gasteiger partial charge >= 0.3 is 5.97 Å². The number of carbonyl (C=O) groups is 1. The molecule has 0 spiro atoms. The number of carboxylic acids is 1. The van der Waals surface area contributed by atoms with E-state index in [0.29, 0.717) is 46.7 Å². The molecule has 0 aliphatic carbocycles. The van der Waals surface area contributed by atoms with Crippen molar-refractivity contribution in [1.29, 1.82) is 0 Å². The largest absolute Gasteiger partial charge is 0.481 e. The van der Waals surface area contributed by atoms with Gasteiger partial charge in [-0.3, -0.25) is 9.59 Å². The van der Waals surface area contributed by atoms with Crippen molar-refractivity contribution in [3.05, 3.63) is 57.4 Å². The summed E-state index contributed by atoms with van der Waals surface area (Å²) in [5.41, 5.74) is 10.2. The van der Waals surface area contributed by atoms with E-state index in [-0.39, 0.29) is 12.2 Å². The summed E-state index contributed by atoms with van der Waals surface area (Å²) in [6.07, 6.45) is 0.375. The van der Waals surface area contributed by atoms with Crippen LogP contribution in [-0.4, -0.2) is 27.7 Å². The molecule has 1 aromatic carbocycles. The first-order chi connectivity index (χ1) is 13.5. The molecule has 144 valence electrons. The van der Waals surface area contributed by atoms with Crippen molar-refractivity contribution in [3.63, 3.8) is 0 Å². The van der Waals surface area contributed by atoms with Gasteiger partial charge in [-0.15, -0.1) is 0 Å². The van der Waals surface area contributed by atoms with Crippen LogP contribution in [-0.2, 0) is 22.7 Å². The highest BCUT2D eigenvalue weighted by molar-refractivity contribution is 5.92. The van der Waals surface area contributed by atoms with E-state index in [4.69, 9.17) is 15.5 Å². The zero-order chi connectivity index (χ0) is 20.0. The van der Waals surface area contributed by atoms with Crippen molar-refractivity contribution in [2.75, 3.05) is 12.8 Å². The number of para-hydroxylation sites is 1. The van der Waals surface area contributed by atoms with E-state index in [0.717, 1.165) is 10.9 Å². The zero-order valence-electron chi connectivity index (χ0n) is 15.7. The lowest BCUT2D eigenvalue weighted by molar-refractivity contribution is -0.138. The second-order valence-electron chi connectivity index (χ2n) is 7.00. The molecule has 7 nitrogen and oxygen atoms in total. The number of rotatable bonds is 5. The predicted molar refractivity (Wildman–Crippen MR) is 106 cm³/mol. The van der Waals surface area contributed by atoms with Crippen LogP contribution < -0.4 is 11.3 Å². The van der Waals surface area contributed by atoms with Crippen LogP contribution in [0, 0.1) is 0 Å². The zero-order valence-corrected chi connectivity index (χ0v) is 15.7. The number of methoxy groups -OCH3 is 1. The highest BCUT2D eigenvalue weighted by Gasteiger charge is 2.29. The fourth-order valence-corrected chi connectivity index (χ4v) is 3.97. The Kier molecular flexibility index (Phi) is 4.39. The van der Waals surface area contributed by atoms with Gasteiger partial charge in [0.1, 0.15) is 0 Å². The van der Waals surface area contributed by atoms with Gasteiger partial charge in [0.05, 0.1) is 41.7 Å². The summed E-state index contributed by atoms with van der Waals surface area (Å²) >= 11 is 0. The SMILES string of the molecule is CCC(C(=O)O)c1cc2n(c(=O)c1COC)Cc1cc3cccc(N)c3nc1-2. The van der Waals surface area contributed by atoms with Crippen molar-refractivity contribution < 1.29 is 14.6 Å². The number of pyridine rings is 2. The number of aliphatic carboxylic acids is 1. The van der Waals surface area contributed by atoms with Crippen LogP contribution >= 0.6 is 0 Å². The Labute approximate surface area is 161 Å². The maximum absolute atomic E-state index is 13.2. The van der Waals surface area contributed by atoms with Crippen LogP contribution in [0.4, 0.5) is 5.69 Å². The molecule has 0 saturated heterocycles. The molecule has 0 fully saturated rings. The standard InChI is InChI=1S/C21H21N3O4/c1-3-13(21(26)27)14-8-17-19-12(9-24(17)20(25)15(14)10-28-2)7-11-5-4-6-16(22)18(11)23-19/h4-8,13H,3,9-10,22H2,1-2H3,(H,26,27). The minimum absolute atomic E-state index is 0.0664. The number of hydrogen-bond acceptors (Lipinski definition) is 5. The van der Waals surface area contributed by atoms with Crippen molar-refractivity contribution in [2.45, 2.75) is 32.4 Å². The summed E-state index contributed by atoms with van der Waals surface area (Å²) < 4.78 is 6.84. The molecular formula is C21H21N3O4. The molecule has 0 amide bonds. The maximum Gasteiger partial charge on any atom is 0.310 e. The highest BCUT2D eigenvalue weighted by atomic mass is 16.5. The van der Waals surface area contributed by atoms with E-state index < -0.39 is 11.9 Å². The Morgan fingerprint density at radius 1 is 1.39 bits per heavy atom. The van der Waals surface area contributed by atoms with E-state index >= 15 is 0 Å². The number of nitrogens with two attached hydrogens (primary N) is 1. The lowest BCUT2D eigenvalue weighted by Gasteiger charge is -2.17. The van der Waals surface area contributed by atoms with Crippen LogP contribution in [0.15, 0.2) is 35.1 Å². The third-order valence-electron chi connectivity index (χ3n) is 5.33. The fourth-order valence-electron chi connectivity index (χ4n) is 3.97. The van der Waals surface area contributed by atoms with Crippen LogP contribution in [0.2, 0.25) is 0 Å². The van der Waals surface area contributed by atoms with E-state index in [2.05, 4.69) is 0 Å². The molecule has 1 atom stereocenters.